The van der Waals surface area contributed by atoms with Gasteiger partial charge in [0.2, 0.25) is 0 Å². The predicted octanol–water partition coefficient (Wildman–Crippen LogP) is 3.53. The van der Waals surface area contributed by atoms with Crippen LogP contribution in [0.3, 0.4) is 0 Å². The number of halogens is 1. The van der Waals surface area contributed by atoms with Gasteiger partial charge in [-0.1, -0.05) is 29.5 Å². The maximum atomic E-state index is 12.7. The minimum absolute atomic E-state index is 0.0965. The minimum Gasteiger partial charge on any atom is -0.365 e. The maximum absolute atomic E-state index is 12.7. The van der Waals surface area contributed by atoms with E-state index < -0.39 is 0 Å². The number of carbonyl (C=O) groups is 1. The molecule has 0 radical (unpaired) electrons. The molecule has 0 amide bonds. The molecule has 5 heteroatoms. The van der Waals surface area contributed by atoms with Crippen LogP contribution in [0.25, 0.3) is 6.08 Å². The summed E-state index contributed by atoms with van der Waals surface area (Å²) in [5.74, 6) is -0.388. The number of hydrogen-bond donors (Lipinski definition) is 1. The summed E-state index contributed by atoms with van der Waals surface area (Å²) in [7, 11) is 1.76. The van der Waals surface area contributed by atoms with Crippen LogP contribution < -0.4 is 5.32 Å². The van der Waals surface area contributed by atoms with Crippen molar-refractivity contribution in [1.29, 1.82) is 0 Å². The lowest BCUT2D eigenvalue weighted by Crippen LogP contribution is -1.93. The largest absolute Gasteiger partial charge is 0.365 e. The van der Waals surface area contributed by atoms with Gasteiger partial charge in [-0.15, -0.1) is 0 Å². The fraction of sp³-hybridized carbons (Fsp3) is 0.143. The van der Waals surface area contributed by atoms with Gasteiger partial charge in [-0.05, 0) is 30.7 Å². The van der Waals surface area contributed by atoms with E-state index in [1.807, 2.05) is 0 Å². The molecule has 0 atom stereocenters. The average molecular weight is 276 g/mol. The third kappa shape index (κ3) is 3.26. The molecule has 3 nitrogen and oxygen atoms in total. The van der Waals surface area contributed by atoms with Crippen molar-refractivity contribution in [1.82, 2.24) is 4.98 Å². The van der Waals surface area contributed by atoms with E-state index in [9.17, 15) is 9.18 Å². The molecule has 98 valence electrons. The highest BCUT2D eigenvalue weighted by Gasteiger charge is 2.11. The van der Waals surface area contributed by atoms with Gasteiger partial charge in [0.1, 0.15) is 5.82 Å². The van der Waals surface area contributed by atoms with Gasteiger partial charge in [-0.3, -0.25) is 4.79 Å². The highest BCUT2D eigenvalue weighted by atomic mass is 32.1. The number of aromatic nitrogens is 1. The van der Waals surface area contributed by atoms with Crippen molar-refractivity contribution in [3.63, 3.8) is 0 Å². The van der Waals surface area contributed by atoms with Crippen molar-refractivity contribution in [2.45, 2.75) is 6.92 Å². The smallest absolute Gasteiger partial charge is 0.197 e. The van der Waals surface area contributed by atoms with E-state index in [1.54, 1.807) is 32.2 Å². The number of allylic oxidation sites excluding steroid dienone is 1. The summed E-state index contributed by atoms with van der Waals surface area (Å²) in [4.78, 5) is 16.9. The Hall–Kier alpha value is -2.01. The molecule has 0 aliphatic carbocycles. The highest BCUT2D eigenvalue weighted by Crippen LogP contribution is 2.23. The summed E-state index contributed by atoms with van der Waals surface area (Å²) in [6.07, 6.45) is 3.15. The Morgan fingerprint density at radius 3 is 2.63 bits per heavy atom. The van der Waals surface area contributed by atoms with Gasteiger partial charge in [-0.2, -0.15) is 0 Å². The van der Waals surface area contributed by atoms with Gasteiger partial charge in [-0.25, -0.2) is 9.37 Å². The number of carbonyl (C=O) groups excluding carboxylic acids is 1. The zero-order valence-corrected chi connectivity index (χ0v) is 11.4. The van der Waals surface area contributed by atoms with Crippen molar-refractivity contribution in [2.24, 2.45) is 0 Å². The quantitative estimate of drug-likeness (QED) is 0.686. The molecule has 1 aromatic heterocycles. The number of ketones is 1. The first kappa shape index (κ1) is 13.4. The second-order valence-corrected chi connectivity index (χ2v) is 4.93. The lowest BCUT2D eigenvalue weighted by Gasteiger charge is -1.93. The summed E-state index contributed by atoms with van der Waals surface area (Å²) >= 11 is 1.32. The molecule has 0 aliphatic heterocycles. The lowest BCUT2D eigenvalue weighted by atomic mass is 10.2. The van der Waals surface area contributed by atoms with E-state index in [2.05, 4.69) is 10.3 Å². The van der Waals surface area contributed by atoms with Crippen LogP contribution in [0.4, 0.5) is 9.52 Å². The topological polar surface area (TPSA) is 42.0 Å². The fourth-order valence-corrected chi connectivity index (χ4v) is 2.39. The Morgan fingerprint density at radius 2 is 2.05 bits per heavy atom. The van der Waals surface area contributed by atoms with Crippen LogP contribution in [0, 0.1) is 12.7 Å². The number of anilines is 1. The van der Waals surface area contributed by atoms with Crippen molar-refractivity contribution in [3.05, 3.63) is 52.3 Å². The lowest BCUT2D eigenvalue weighted by molar-refractivity contribution is 0.105. The fourth-order valence-electron chi connectivity index (χ4n) is 1.55. The first-order valence-electron chi connectivity index (χ1n) is 5.73. The van der Waals surface area contributed by atoms with Crippen molar-refractivity contribution in [3.8, 4) is 0 Å². The molecule has 19 heavy (non-hydrogen) atoms. The van der Waals surface area contributed by atoms with E-state index in [0.717, 1.165) is 10.7 Å². The summed E-state index contributed by atoms with van der Waals surface area (Å²) in [6, 6.07) is 5.97. The number of benzene rings is 1. The van der Waals surface area contributed by atoms with Gasteiger partial charge in [0.25, 0.3) is 0 Å². The Morgan fingerprint density at radius 1 is 1.37 bits per heavy atom. The summed E-state index contributed by atoms with van der Waals surface area (Å²) < 4.78 is 12.7. The van der Waals surface area contributed by atoms with Crippen LogP contribution in [0.5, 0.6) is 0 Å². The number of nitrogens with one attached hydrogen (secondary N) is 1. The molecule has 0 saturated heterocycles. The van der Waals surface area contributed by atoms with Crippen molar-refractivity contribution < 1.29 is 9.18 Å². The molecule has 1 aromatic carbocycles. The summed E-state index contributed by atoms with van der Waals surface area (Å²) in [6.45, 7) is 1.80. The number of thiazole rings is 1. The third-order valence-corrected chi connectivity index (χ3v) is 3.72. The van der Waals surface area contributed by atoms with Crippen LogP contribution in [-0.4, -0.2) is 17.8 Å². The monoisotopic (exact) mass is 276 g/mol. The van der Waals surface area contributed by atoms with Gasteiger partial charge in [0, 0.05) is 7.05 Å². The summed E-state index contributed by atoms with van der Waals surface area (Å²) in [5, 5.41) is 3.63. The van der Waals surface area contributed by atoms with Gasteiger partial charge >= 0.3 is 0 Å². The molecule has 0 aliphatic rings. The third-order valence-electron chi connectivity index (χ3n) is 2.53. The highest BCUT2D eigenvalue weighted by molar-refractivity contribution is 7.17. The Balaban J connectivity index is 2.16. The van der Waals surface area contributed by atoms with E-state index >= 15 is 0 Å². The molecule has 0 saturated carbocycles. The SMILES string of the molecule is CNc1nc(C)c(C(=O)/C=C/c2ccc(F)cc2)s1. The molecular formula is C14H13FN2OS. The molecule has 1 N–H and O–H groups in total. The molecule has 2 rings (SSSR count). The van der Waals surface area contributed by atoms with Crippen molar-refractivity contribution >= 4 is 28.3 Å². The Bertz CT molecular complexity index is 617. The van der Waals surface area contributed by atoms with E-state index in [1.165, 1.54) is 29.5 Å². The zero-order valence-electron chi connectivity index (χ0n) is 10.6. The Kier molecular flexibility index (Phi) is 4.06. The van der Waals surface area contributed by atoms with Crippen molar-refractivity contribution in [2.75, 3.05) is 12.4 Å². The number of hydrogen-bond acceptors (Lipinski definition) is 4. The second-order valence-electron chi connectivity index (χ2n) is 3.93. The summed E-state index contributed by atoms with van der Waals surface area (Å²) in [5.41, 5.74) is 1.49. The van der Waals surface area contributed by atoms with Crippen LogP contribution >= 0.6 is 11.3 Å². The molecule has 0 fully saturated rings. The van der Waals surface area contributed by atoms with Gasteiger partial charge < -0.3 is 5.32 Å². The van der Waals surface area contributed by atoms with Gasteiger partial charge in [0.05, 0.1) is 10.6 Å². The zero-order chi connectivity index (χ0) is 13.8. The molecule has 0 unspecified atom stereocenters. The van der Waals surface area contributed by atoms with Crippen LogP contribution in [0.15, 0.2) is 30.3 Å². The second kappa shape index (κ2) is 5.75. The minimum atomic E-state index is -0.291. The van der Waals surface area contributed by atoms with E-state index in [-0.39, 0.29) is 11.6 Å². The first-order valence-corrected chi connectivity index (χ1v) is 6.55. The van der Waals surface area contributed by atoms with Crippen LogP contribution in [0.2, 0.25) is 0 Å². The van der Waals surface area contributed by atoms with Crippen LogP contribution in [0.1, 0.15) is 20.9 Å². The first-order chi connectivity index (χ1) is 9.10. The normalized spacial score (nSPS) is 10.9. The Labute approximate surface area is 114 Å². The molecular weight excluding hydrogens is 263 g/mol. The molecule has 0 bridgehead atoms. The van der Waals surface area contributed by atoms with E-state index in [0.29, 0.717) is 10.6 Å². The van der Waals surface area contributed by atoms with Gasteiger partial charge in [0.15, 0.2) is 10.9 Å². The van der Waals surface area contributed by atoms with E-state index in [4.69, 9.17) is 0 Å². The molecule has 2 aromatic rings. The number of nitrogens with zero attached hydrogens (tertiary/aromatic N) is 1. The predicted molar refractivity (Wildman–Crippen MR) is 76.2 cm³/mol. The average Bonchev–Trinajstić information content (AvgIpc) is 2.79. The number of rotatable bonds is 4. The molecule has 1 heterocycles. The number of aryl methyl sites for hydroxylation is 1. The standard InChI is InChI=1S/C14H13FN2OS/c1-9-13(19-14(16-2)17-9)12(18)8-5-10-3-6-11(15)7-4-10/h3-8H,1-2H3,(H,16,17)/b8-5+. The maximum Gasteiger partial charge on any atom is 0.197 e. The molecule has 0 spiro atoms. The van der Waals surface area contributed by atoms with Crippen LogP contribution in [-0.2, 0) is 0 Å².